The lowest BCUT2D eigenvalue weighted by molar-refractivity contribution is 0.293. The van der Waals surface area contributed by atoms with Crippen molar-refractivity contribution in [3.8, 4) is 28.6 Å². The smallest absolute Gasteiger partial charge is 0.368 e. The molecule has 0 aliphatic rings. The summed E-state index contributed by atoms with van der Waals surface area (Å²) >= 11 is 0. The highest BCUT2D eigenvalue weighted by molar-refractivity contribution is 5.61. The Morgan fingerprint density at radius 2 is 1.80 bits per heavy atom. The molecule has 0 fully saturated rings. The summed E-state index contributed by atoms with van der Waals surface area (Å²) in [5, 5.41) is 7.74. The Hall–Kier alpha value is -3.94. The van der Waals surface area contributed by atoms with Gasteiger partial charge >= 0.3 is 5.69 Å². The minimum atomic E-state index is -0.319. The van der Waals surface area contributed by atoms with E-state index in [1.807, 2.05) is 61.5 Å². The fourth-order valence-electron chi connectivity index (χ4n) is 3.12. The van der Waals surface area contributed by atoms with E-state index in [1.54, 1.807) is 20.2 Å². The molecule has 0 spiro atoms. The number of hydrogen-bond donors (Lipinski definition) is 0. The highest BCUT2D eigenvalue weighted by atomic mass is 16.5. The van der Waals surface area contributed by atoms with Gasteiger partial charge in [-0.25, -0.2) is 9.78 Å². The summed E-state index contributed by atoms with van der Waals surface area (Å²) in [4.78, 5) is 16.9. The molecule has 4 aromatic rings. The lowest BCUT2D eigenvalue weighted by atomic mass is 10.1. The molecule has 4 rings (SSSR count). The van der Waals surface area contributed by atoms with Crippen LogP contribution in [-0.2, 0) is 13.7 Å². The number of rotatable bonds is 6. The van der Waals surface area contributed by atoms with E-state index in [-0.39, 0.29) is 12.3 Å². The SMILES string of the molecule is COc1cccc(-c2cccc(OCc3c(C)cccc3-n3nnn(C)c3=O)n2)c1. The molecule has 8 heteroatoms. The van der Waals surface area contributed by atoms with Crippen LogP contribution in [0.1, 0.15) is 11.1 Å². The molecule has 0 atom stereocenters. The molecule has 0 bridgehead atoms. The van der Waals surface area contributed by atoms with Gasteiger partial charge in [-0.05, 0) is 47.2 Å². The van der Waals surface area contributed by atoms with E-state index >= 15 is 0 Å². The van der Waals surface area contributed by atoms with Crippen LogP contribution >= 0.6 is 0 Å². The Morgan fingerprint density at radius 1 is 1.00 bits per heavy atom. The average Bonchev–Trinajstić information content (AvgIpc) is 3.11. The summed E-state index contributed by atoms with van der Waals surface area (Å²) in [5.74, 6) is 1.25. The number of methoxy groups -OCH3 is 1. The number of aryl methyl sites for hydroxylation is 2. The number of benzene rings is 2. The summed E-state index contributed by atoms with van der Waals surface area (Å²) in [5.41, 5.74) is 3.85. The number of hydrogen-bond acceptors (Lipinski definition) is 6. The maximum absolute atomic E-state index is 12.3. The quantitative estimate of drug-likeness (QED) is 0.492. The van der Waals surface area contributed by atoms with Crippen molar-refractivity contribution in [3.05, 3.63) is 82.3 Å². The molecule has 0 N–H and O–H groups in total. The van der Waals surface area contributed by atoms with Crippen LogP contribution in [0.5, 0.6) is 11.6 Å². The first-order valence-corrected chi connectivity index (χ1v) is 9.39. The molecule has 152 valence electrons. The summed E-state index contributed by atoms with van der Waals surface area (Å²) < 4.78 is 13.7. The lowest BCUT2D eigenvalue weighted by Crippen LogP contribution is -2.23. The van der Waals surface area contributed by atoms with Crippen molar-refractivity contribution in [1.29, 1.82) is 0 Å². The Labute approximate surface area is 173 Å². The zero-order valence-electron chi connectivity index (χ0n) is 16.9. The van der Waals surface area contributed by atoms with Crippen molar-refractivity contribution in [3.63, 3.8) is 0 Å². The summed E-state index contributed by atoms with van der Waals surface area (Å²) in [7, 11) is 3.19. The molecule has 0 amide bonds. The Bertz CT molecular complexity index is 1250. The number of pyridine rings is 1. The second-order valence-electron chi connectivity index (χ2n) is 6.75. The van der Waals surface area contributed by atoms with E-state index in [1.165, 1.54) is 9.36 Å². The predicted molar refractivity (Wildman–Crippen MR) is 112 cm³/mol. The first-order valence-electron chi connectivity index (χ1n) is 9.39. The van der Waals surface area contributed by atoms with Crippen molar-refractivity contribution >= 4 is 0 Å². The summed E-state index contributed by atoms with van der Waals surface area (Å²) in [6, 6.07) is 19.0. The maximum Gasteiger partial charge on any atom is 0.368 e. The molecule has 0 saturated heterocycles. The Balaban J connectivity index is 1.62. The van der Waals surface area contributed by atoms with E-state index < -0.39 is 0 Å². The van der Waals surface area contributed by atoms with Gasteiger partial charge in [-0.15, -0.1) is 0 Å². The third kappa shape index (κ3) is 3.80. The predicted octanol–water partition coefficient (Wildman–Crippen LogP) is 2.92. The topological polar surface area (TPSA) is 84.1 Å². The first-order chi connectivity index (χ1) is 14.6. The summed E-state index contributed by atoms with van der Waals surface area (Å²) in [6.45, 7) is 2.20. The largest absolute Gasteiger partial charge is 0.497 e. The van der Waals surface area contributed by atoms with Crippen LogP contribution in [0.25, 0.3) is 16.9 Å². The molecule has 30 heavy (non-hydrogen) atoms. The zero-order chi connectivity index (χ0) is 21.1. The number of nitrogens with zero attached hydrogens (tertiary/aromatic N) is 5. The van der Waals surface area contributed by atoms with Crippen LogP contribution in [0.15, 0.2) is 65.5 Å². The van der Waals surface area contributed by atoms with E-state index in [0.717, 1.165) is 28.1 Å². The molecule has 0 radical (unpaired) electrons. The van der Waals surface area contributed by atoms with Crippen molar-refractivity contribution < 1.29 is 9.47 Å². The molecule has 2 aromatic heterocycles. The molecule has 0 saturated carbocycles. The molecular weight excluding hydrogens is 382 g/mol. The number of tetrazole rings is 1. The van der Waals surface area contributed by atoms with Crippen LogP contribution in [0.3, 0.4) is 0 Å². The highest BCUT2D eigenvalue weighted by Crippen LogP contribution is 2.25. The van der Waals surface area contributed by atoms with Crippen LogP contribution in [0, 0.1) is 6.92 Å². The third-order valence-electron chi connectivity index (χ3n) is 4.79. The van der Waals surface area contributed by atoms with Crippen molar-refractivity contribution in [1.82, 2.24) is 24.8 Å². The molecule has 0 aliphatic heterocycles. The zero-order valence-corrected chi connectivity index (χ0v) is 16.9. The minimum Gasteiger partial charge on any atom is -0.497 e. The standard InChI is InChI=1S/C22H21N5O3/c1-15-7-4-11-20(27-22(28)26(2)24-25-27)18(15)14-30-21-12-6-10-19(23-21)16-8-5-9-17(13-16)29-3/h4-13H,14H2,1-3H3. The minimum absolute atomic E-state index is 0.236. The van der Waals surface area contributed by atoms with Gasteiger partial charge in [-0.1, -0.05) is 30.3 Å². The van der Waals surface area contributed by atoms with Gasteiger partial charge in [0.1, 0.15) is 12.4 Å². The fourth-order valence-corrected chi connectivity index (χ4v) is 3.12. The van der Waals surface area contributed by atoms with Crippen molar-refractivity contribution in [2.45, 2.75) is 13.5 Å². The van der Waals surface area contributed by atoms with Gasteiger partial charge in [0.15, 0.2) is 0 Å². The van der Waals surface area contributed by atoms with Crippen LogP contribution in [-0.4, -0.2) is 31.9 Å². The van der Waals surface area contributed by atoms with Crippen LogP contribution in [0.4, 0.5) is 0 Å². The van der Waals surface area contributed by atoms with Crippen molar-refractivity contribution in [2.24, 2.45) is 7.05 Å². The highest BCUT2D eigenvalue weighted by Gasteiger charge is 2.14. The average molecular weight is 403 g/mol. The van der Waals surface area contributed by atoms with Gasteiger partial charge in [0.05, 0.1) is 18.5 Å². The Kier molecular flexibility index (Phi) is 5.30. The second-order valence-corrected chi connectivity index (χ2v) is 6.75. The van der Waals surface area contributed by atoms with Crippen LogP contribution in [0.2, 0.25) is 0 Å². The molecule has 0 aliphatic carbocycles. The molecule has 2 heterocycles. The fraction of sp³-hybridized carbons (Fsp3) is 0.182. The van der Waals surface area contributed by atoms with Gasteiger partial charge in [0.25, 0.3) is 0 Å². The number of ether oxygens (including phenoxy) is 2. The van der Waals surface area contributed by atoms with Gasteiger partial charge < -0.3 is 9.47 Å². The van der Waals surface area contributed by atoms with Crippen molar-refractivity contribution in [2.75, 3.05) is 7.11 Å². The summed E-state index contributed by atoms with van der Waals surface area (Å²) in [6.07, 6.45) is 0. The van der Waals surface area contributed by atoms with E-state index in [2.05, 4.69) is 15.4 Å². The molecule has 8 nitrogen and oxygen atoms in total. The number of aromatic nitrogens is 5. The Morgan fingerprint density at radius 3 is 2.57 bits per heavy atom. The molecule has 0 unspecified atom stereocenters. The second kappa shape index (κ2) is 8.20. The third-order valence-corrected chi connectivity index (χ3v) is 4.79. The normalized spacial score (nSPS) is 10.8. The van der Waals surface area contributed by atoms with Crippen LogP contribution < -0.4 is 15.2 Å². The monoisotopic (exact) mass is 403 g/mol. The maximum atomic E-state index is 12.3. The molecule has 2 aromatic carbocycles. The van der Waals surface area contributed by atoms with E-state index in [4.69, 9.17) is 9.47 Å². The van der Waals surface area contributed by atoms with Gasteiger partial charge in [-0.2, -0.15) is 9.36 Å². The van der Waals surface area contributed by atoms with E-state index in [9.17, 15) is 4.79 Å². The van der Waals surface area contributed by atoms with Gasteiger partial charge in [-0.3, -0.25) is 0 Å². The van der Waals surface area contributed by atoms with Gasteiger partial charge in [0.2, 0.25) is 5.88 Å². The van der Waals surface area contributed by atoms with Gasteiger partial charge in [0, 0.05) is 24.2 Å². The molecular formula is C22H21N5O3. The van der Waals surface area contributed by atoms with E-state index in [0.29, 0.717) is 11.6 Å². The first kappa shape index (κ1) is 19.4. The lowest BCUT2D eigenvalue weighted by Gasteiger charge is -2.13.